The van der Waals surface area contributed by atoms with Gasteiger partial charge < -0.3 is 14.5 Å². The number of nitrogens with one attached hydrogen (secondary N) is 1. The maximum absolute atomic E-state index is 12.5. The standard InChI is InChI=1S/C20H21N3O3S/c1-25-16-6-5-13(10-17(16)26-2)11-23-8-7-14-15(12-23)21-19(22-20(14)24)18-4-3-9-27-18/h3-6,9-10H,7-8,11-12H2,1-2H3,(H,21,22,24). The zero-order valence-corrected chi connectivity index (χ0v) is 16.1. The highest BCUT2D eigenvalue weighted by molar-refractivity contribution is 7.13. The first-order valence-corrected chi connectivity index (χ1v) is 9.65. The number of aromatic nitrogens is 2. The molecule has 7 heteroatoms. The first-order valence-electron chi connectivity index (χ1n) is 8.77. The number of nitrogens with zero attached hydrogens (tertiary/aromatic N) is 2. The van der Waals surface area contributed by atoms with Crippen LogP contribution in [-0.4, -0.2) is 35.6 Å². The smallest absolute Gasteiger partial charge is 0.254 e. The van der Waals surface area contributed by atoms with Gasteiger partial charge in [0, 0.05) is 25.2 Å². The second-order valence-corrected chi connectivity index (χ2v) is 7.41. The molecule has 1 aliphatic rings. The van der Waals surface area contributed by atoms with Crippen LogP contribution in [0.2, 0.25) is 0 Å². The molecule has 1 N–H and O–H groups in total. The third-order valence-electron chi connectivity index (χ3n) is 4.76. The monoisotopic (exact) mass is 383 g/mol. The third-order valence-corrected chi connectivity index (χ3v) is 5.64. The van der Waals surface area contributed by atoms with Gasteiger partial charge in [0.15, 0.2) is 17.3 Å². The molecule has 3 aromatic rings. The maximum atomic E-state index is 12.5. The molecule has 1 aromatic carbocycles. The Morgan fingerprint density at radius 2 is 2.07 bits per heavy atom. The van der Waals surface area contributed by atoms with Gasteiger partial charge in [-0.1, -0.05) is 12.1 Å². The lowest BCUT2D eigenvalue weighted by atomic mass is 10.1. The van der Waals surface area contributed by atoms with Crippen molar-refractivity contribution in [2.24, 2.45) is 0 Å². The van der Waals surface area contributed by atoms with Crippen molar-refractivity contribution in [3.8, 4) is 22.2 Å². The lowest BCUT2D eigenvalue weighted by Gasteiger charge is -2.27. The number of H-pyrrole nitrogens is 1. The largest absolute Gasteiger partial charge is 0.493 e. The van der Waals surface area contributed by atoms with E-state index in [1.165, 1.54) is 0 Å². The highest BCUT2D eigenvalue weighted by Gasteiger charge is 2.22. The summed E-state index contributed by atoms with van der Waals surface area (Å²) in [5.41, 5.74) is 2.79. The topological polar surface area (TPSA) is 67.5 Å². The van der Waals surface area contributed by atoms with E-state index in [9.17, 15) is 4.79 Å². The molecule has 0 radical (unpaired) electrons. The predicted octanol–water partition coefficient (Wildman–Crippen LogP) is 3.07. The first kappa shape index (κ1) is 17.8. The summed E-state index contributed by atoms with van der Waals surface area (Å²) in [5, 5.41) is 1.98. The van der Waals surface area contributed by atoms with Gasteiger partial charge in [0.25, 0.3) is 5.56 Å². The van der Waals surface area contributed by atoms with Gasteiger partial charge in [-0.2, -0.15) is 0 Å². The molecule has 0 spiro atoms. The summed E-state index contributed by atoms with van der Waals surface area (Å²) in [6.07, 6.45) is 0.704. The van der Waals surface area contributed by atoms with Gasteiger partial charge in [-0.05, 0) is 35.6 Å². The van der Waals surface area contributed by atoms with Crippen LogP contribution < -0.4 is 15.0 Å². The second-order valence-electron chi connectivity index (χ2n) is 6.47. The SMILES string of the molecule is COc1ccc(CN2CCc3c(nc(-c4cccs4)[nH]c3=O)C2)cc1OC. The molecule has 2 aromatic heterocycles. The van der Waals surface area contributed by atoms with E-state index in [0.29, 0.717) is 18.8 Å². The van der Waals surface area contributed by atoms with Crippen LogP contribution >= 0.6 is 11.3 Å². The molecule has 1 aliphatic heterocycles. The van der Waals surface area contributed by atoms with Crippen LogP contribution in [0.4, 0.5) is 0 Å². The van der Waals surface area contributed by atoms with Crippen LogP contribution in [0, 0.1) is 0 Å². The van der Waals surface area contributed by atoms with Crippen LogP contribution in [0.3, 0.4) is 0 Å². The van der Waals surface area contributed by atoms with E-state index in [4.69, 9.17) is 14.5 Å². The summed E-state index contributed by atoms with van der Waals surface area (Å²) in [6, 6.07) is 9.89. The normalized spacial score (nSPS) is 14.0. The number of aromatic amines is 1. The maximum Gasteiger partial charge on any atom is 0.254 e. The van der Waals surface area contributed by atoms with Crippen molar-refractivity contribution >= 4 is 11.3 Å². The van der Waals surface area contributed by atoms with Gasteiger partial charge in [-0.15, -0.1) is 11.3 Å². The summed E-state index contributed by atoms with van der Waals surface area (Å²) >= 11 is 1.57. The third kappa shape index (κ3) is 3.61. The Bertz CT molecular complexity index is 998. The number of hydrogen-bond acceptors (Lipinski definition) is 6. The Morgan fingerprint density at radius 1 is 1.22 bits per heavy atom. The van der Waals surface area contributed by atoms with Gasteiger partial charge in [0.1, 0.15) is 0 Å². The van der Waals surface area contributed by atoms with Gasteiger partial charge in [-0.25, -0.2) is 4.98 Å². The van der Waals surface area contributed by atoms with E-state index in [-0.39, 0.29) is 5.56 Å². The van der Waals surface area contributed by atoms with Crippen LogP contribution in [0.25, 0.3) is 10.7 Å². The molecule has 0 amide bonds. The molecule has 0 unspecified atom stereocenters. The molecule has 6 nitrogen and oxygen atoms in total. The quantitative estimate of drug-likeness (QED) is 0.733. The summed E-state index contributed by atoms with van der Waals surface area (Å²) in [4.78, 5) is 23.4. The molecule has 4 rings (SSSR count). The van der Waals surface area contributed by atoms with E-state index in [0.717, 1.165) is 46.3 Å². The van der Waals surface area contributed by atoms with Gasteiger partial charge >= 0.3 is 0 Å². The Kier molecular flexibility index (Phi) is 4.96. The number of ether oxygens (including phenoxy) is 2. The van der Waals surface area contributed by atoms with E-state index >= 15 is 0 Å². The summed E-state index contributed by atoms with van der Waals surface area (Å²) in [6.45, 7) is 2.25. The zero-order chi connectivity index (χ0) is 18.8. The van der Waals surface area contributed by atoms with Crippen molar-refractivity contribution < 1.29 is 9.47 Å². The molecule has 0 aliphatic carbocycles. The van der Waals surface area contributed by atoms with Crippen molar-refractivity contribution in [3.63, 3.8) is 0 Å². The molecule has 3 heterocycles. The molecule has 0 bridgehead atoms. The average molecular weight is 383 g/mol. The van der Waals surface area contributed by atoms with Crippen molar-refractivity contribution in [1.29, 1.82) is 0 Å². The molecule has 0 saturated heterocycles. The number of hydrogen-bond donors (Lipinski definition) is 1. The van der Waals surface area contributed by atoms with E-state index in [1.807, 2.05) is 35.7 Å². The van der Waals surface area contributed by atoms with Crippen LogP contribution in [0.15, 0.2) is 40.5 Å². The zero-order valence-electron chi connectivity index (χ0n) is 15.3. The Morgan fingerprint density at radius 3 is 2.81 bits per heavy atom. The number of fused-ring (bicyclic) bond motifs is 1. The van der Waals surface area contributed by atoms with Crippen molar-refractivity contribution in [2.45, 2.75) is 19.5 Å². The number of methoxy groups -OCH3 is 2. The lowest BCUT2D eigenvalue weighted by molar-refractivity contribution is 0.240. The summed E-state index contributed by atoms with van der Waals surface area (Å²) in [7, 11) is 3.27. The fraction of sp³-hybridized carbons (Fsp3) is 0.300. The molecule has 0 saturated carbocycles. The van der Waals surface area contributed by atoms with Crippen molar-refractivity contribution in [2.75, 3.05) is 20.8 Å². The second kappa shape index (κ2) is 7.54. The molecule has 0 atom stereocenters. The van der Waals surface area contributed by atoms with E-state index in [1.54, 1.807) is 25.6 Å². The number of thiophene rings is 1. The minimum Gasteiger partial charge on any atom is -0.493 e. The molecular weight excluding hydrogens is 362 g/mol. The molecule has 140 valence electrons. The molecule has 27 heavy (non-hydrogen) atoms. The minimum atomic E-state index is -0.0193. The highest BCUT2D eigenvalue weighted by Crippen LogP contribution is 2.29. The van der Waals surface area contributed by atoms with Crippen molar-refractivity contribution in [1.82, 2.24) is 14.9 Å². The lowest BCUT2D eigenvalue weighted by Crippen LogP contribution is -2.35. The molecular formula is C20H21N3O3S. The van der Waals surface area contributed by atoms with Crippen LogP contribution in [0.5, 0.6) is 11.5 Å². The Labute approximate surface area is 161 Å². The van der Waals surface area contributed by atoms with Gasteiger partial charge in [0.05, 0.1) is 24.8 Å². The summed E-state index contributed by atoms with van der Waals surface area (Å²) in [5.74, 6) is 2.10. The first-order chi connectivity index (χ1) is 13.2. The fourth-order valence-electron chi connectivity index (χ4n) is 3.40. The predicted molar refractivity (Wildman–Crippen MR) is 106 cm³/mol. The summed E-state index contributed by atoms with van der Waals surface area (Å²) < 4.78 is 10.7. The van der Waals surface area contributed by atoms with E-state index < -0.39 is 0 Å². The van der Waals surface area contributed by atoms with Crippen molar-refractivity contribution in [3.05, 3.63) is 62.9 Å². The van der Waals surface area contributed by atoms with Crippen LogP contribution in [0.1, 0.15) is 16.8 Å². The average Bonchev–Trinajstić information content (AvgIpc) is 3.22. The van der Waals surface area contributed by atoms with Crippen LogP contribution in [-0.2, 0) is 19.5 Å². The number of rotatable bonds is 5. The Hall–Kier alpha value is -2.64. The fourth-order valence-corrected chi connectivity index (χ4v) is 4.07. The minimum absolute atomic E-state index is 0.0193. The Balaban J connectivity index is 1.57. The molecule has 0 fully saturated rings. The van der Waals surface area contributed by atoms with E-state index in [2.05, 4.69) is 9.88 Å². The van der Waals surface area contributed by atoms with Gasteiger partial charge in [-0.3, -0.25) is 9.69 Å². The number of benzene rings is 1. The highest BCUT2D eigenvalue weighted by atomic mass is 32.1. The van der Waals surface area contributed by atoms with Gasteiger partial charge in [0.2, 0.25) is 0 Å².